The second-order valence-corrected chi connectivity index (χ2v) is 3.78. The fraction of sp³-hybridized carbons (Fsp3) is 1.00. The van der Waals surface area contributed by atoms with E-state index in [1.54, 1.807) is 4.42 Å². The van der Waals surface area contributed by atoms with Crippen molar-refractivity contribution >= 4 is 23.4 Å². The van der Waals surface area contributed by atoms with Crippen LogP contribution in [0.3, 0.4) is 0 Å². The van der Waals surface area contributed by atoms with E-state index in [4.69, 9.17) is 29.1 Å². The topological polar surface area (TPSA) is 29.3 Å². The minimum atomic E-state index is -0.472. The first-order valence-electron chi connectivity index (χ1n) is 3.51. The van der Waals surface area contributed by atoms with Crippen LogP contribution >= 0.6 is 23.4 Å². The first-order chi connectivity index (χ1) is 4.69. The molecular weight excluding hydrogens is 171 g/mol. The molecule has 0 bridgehead atoms. The van der Waals surface area contributed by atoms with Gasteiger partial charge in [-0.15, -0.1) is 0 Å². The maximum atomic E-state index is 6.08. The minimum Gasteiger partial charge on any atom is -0.328 e. The summed E-state index contributed by atoms with van der Waals surface area (Å²) >= 11 is 11.9. The average Bonchev–Trinajstić information content (AvgIpc) is 1.96. The van der Waals surface area contributed by atoms with Crippen molar-refractivity contribution in [3.8, 4) is 0 Å². The molecule has 2 N–H and O–H groups in total. The summed E-state index contributed by atoms with van der Waals surface area (Å²) in [7, 11) is 0. The molecule has 0 aromatic heterocycles. The SMILES string of the molecule is NCC1(Cl)CCCCN1Cl. The minimum absolute atomic E-state index is 0.429. The first kappa shape index (κ1) is 8.60. The monoisotopic (exact) mass is 182 g/mol. The van der Waals surface area contributed by atoms with Crippen LogP contribution in [0.5, 0.6) is 0 Å². The molecule has 0 aromatic rings. The summed E-state index contributed by atoms with van der Waals surface area (Å²) in [5.74, 6) is 0. The van der Waals surface area contributed by atoms with Gasteiger partial charge in [-0.1, -0.05) is 11.6 Å². The molecule has 1 rings (SSSR count). The van der Waals surface area contributed by atoms with Gasteiger partial charge in [-0.2, -0.15) is 4.42 Å². The number of halogens is 2. The van der Waals surface area contributed by atoms with Crippen molar-refractivity contribution in [3.05, 3.63) is 0 Å². The lowest BCUT2D eigenvalue weighted by Crippen LogP contribution is -2.47. The van der Waals surface area contributed by atoms with E-state index in [1.807, 2.05) is 0 Å². The van der Waals surface area contributed by atoms with Crippen LogP contribution in [0.25, 0.3) is 0 Å². The molecule has 0 spiro atoms. The third kappa shape index (κ3) is 1.56. The Labute approximate surface area is 71.4 Å². The number of piperidine rings is 1. The summed E-state index contributed by atoms with van der Waals surface area (Å²) in [6.07, 6.45) is 3.15. The number of alkyl halides is 1. The van der Waals surface area contributed by atoms with Gasteiger partial charge in [0.05, 0.1) is 0 Å². The molecule has 1 aliphatic rings. The van der Waals surface area contributed by atoms with Crippen molar-refractivity contribution in [2.45, 2.75) is 24.3 Å². The normalized spacial score (nSPS) is 36.3. The smallest absolute Gasteiger partial charge is 0.122 e. The van der Waals surface area contributed by atoms with E-state index in [-0.39, 0.29) is 0 Å². The molecule has 0 radical (unpaired) electrons. The van der Waals surface area contributed by atoms with E-state index in [0.29, 0.717) is 6.54 Å². The van der Waals surface area contributed by atoms with Crippen molar-refractivity contribution in [2.75, 3.05) is 13.1 Å². The Morgan fingerprint density at radius 1 is 1.50 bits per heavy atom. The lowest BCUT2D eigenvalue weighted by Gasteiger charge is -2.36. The summed E-state index contributed by atoms with van der Waals surface area (Å²) in [4.78, 5) is -0.472. The largest absolute Gasteiger partial charge is 0.328 e. The van der Waals surface area contributed by atoms with Gasteiger partial charge in [-0.05, 0) is 31.0 Å². The standard InChI is InChI=1S/C6H12Cl2N2/c7-6(5-9)3-1-2-4-10(6)8/h1-5,9H2. The highest BCUT2D eigenvalue weighted by Crippen LogP contribution is 2.32. The summed E-state index contributed by atoms with van der Waals surface area (Å²) in [6, 6.07) is 0. The number of nitrogens with zero attached hydrogens (tertiary/aromatic N) is 1. The van der Waals surface area contributed by atoms with E-state index >= 15 is 0 Å². The molecule has 1 heterocycles. The number of hydrogen-bond donors (Lipinski definition) is 1. The van der Waals surface area contributed by atoms with Crippen molar-refractivity contribution in [1.29, 1.82) is 0 Å². The molecule has 10 heavy (non-hydrogen) atoms. The van der Waals surface area contributed by atoms with E-state index in [2.05, 4.69) is 0 Å². The van der Waals surface area contributed by atoms with E-state index in [0.717, 1.165) is 25.8 Å². The highest BCUT2D eigenvalue weighted by Gasteiger charge is 2.34. The van der Waals surface area contributed by atoms with Crippen LogP contribution in [0.15, 0.2) is 0 Å². The molecule has 0 aromatic carbocycles. The highest BCUT2D eigenvalue weighted by atomic mass is 35.5. The lowest BCUT2D eigenvalue weighted by molar-refractivity contribution is 0.229. The van der Waals surface area contributed by atoms with Gasteiger partial charge in [0.25, 0.3) is 0 Å². The van der Waals surface area contributed by atoms with Crippen molar-refractivity contribution in [3.63, 3.8) is 0 Å². The summed E-state index contributed by atoms with van der Waals surface area (Å²) in [5.41, 5.74) is 5.47. The Balaban J connectivity index is 2.54. The van der Waals surface area contributed by atoms with Crippen LogP contribution in [-0.4, -0.2) is 22.5 Å². The zero-order chi connectivity index (χ0) is 7.61. The van der Waals surface area contributed by atoms with E-state index in [9.17, 15) is 0 Å². The third-order valence-corrected chi connectivity index (χ3v) is 3.04. The molecule has 1 aliphatic heterocycles. The Morgan fingerprint density at radius 3 is 2.60 bits per heavy atom. The Morgan fingerprint density at radius 2 is 2.20 bits per heavy atom. The fourth-order valence-corrected chi connectivity index (χ4v) is 1.66. The zero-order valence-corrected chi connectivity index (χ0v) is 7.33. The molecular formula is C6H12Cl2N2. The van der Waals surface area contributed by atoms with Crippen LogP contribution in [0, 0.1) is 0 Å². The zero-order valence-electron chi connectivity index (χ0n) is 5.82. The molecule has 1 unspecified atom stereocenters. The quantitative estimate of drug-likeness (QED) is 0.379. The Bertz CT molecular complexity index is 120. The van der Waals surface area contributed by atoms with Gasteiger partial charge in [0.1, 0.15) is 5.00 Å². The Kier molecular flexibility index (Phi) is 2.81. The third-order valence-electron chi connectivity index (χ3n) is 1.91. The molecule has 1 fully saturated rings. The molecule has 2 nitrogen and oxygen atoms in total. The Hall–Kier alpha value is 0.500. The maximum Gasteiger partial charge on any atom is 0.122 e. The van der Waals surface area contributed by atoms with Crippen LogP contribution in [0.2, 0.25) is 0 Å². The lowest BCUT2D eigenvalue weighted by atomic mass is 10.0. The van der Waals surface area contributed by atoms with Crippen molar-refractivity contribution < 1.29 is 0 Å². The molecule has 1 saturated heterocycles. The van der Waals surface area contributed by atoms with E-state index < -0.39 is 5.00 Å². The summed E-state index contributed by atoms with van der Waals surface area (Å²) < 4.78 is 1.62. The average molecular weight is 183 g/mol. The molecule has 60 valence electrons. The van der Waals surface area contributed by atoms with Crippen molar-refractivity contribution in [1.82, 2.24) is 4.42 Å². The van der Waals surface area contributed by atoms with Gasteiger partial charge in [0.2, 0.25) is 0 Å². The van der Waals surface area contributed by atoms with Crippen molar-refractivity contribution in [2.24, 2.45) is 5.73 Å². The second kappa shape index (κ2) is 3.26. The number of rotatable bonds is 1. The van der Waals surface area contributed by atoms with Gasteiger partial charge in [0.15, 0.2) is 0 Å². The van der Waals surface area contributed by atoms with Gasteiger partial charge >= 0.3 is 0 Å². The summed E-state index contributed by atoms with van der Waals surface area (Å²) in [5, 5.41) is 0. The van der Waals surface area contributed by atoms with Crippen LogP contribution in [-0.2, 0) is 0 Å². The first-order valence-corrected chi connectivity index (χ1v) is 4.23. The van der Waals surface area contributed by atoms with Gasteiger partial charge < -0.3 is 5.73 Å². The predicted molar refractivity (Wildman–Crippen MR) is 44.0 cm³/mol. The fourth-order valence-electron chi connectivity index (χ4n) is 1.17. The highest BCUT2D eigenvalue weighted by molar-refractivity contribution is 6.28. The van der Waals surface area contributed by atoms with Gasteiger partial charge in [0, 0.05) is 13.1 Å². The predicted octanol–water partition coefficient (Wildman–Crippen LogP) is 1.52. The van der Waals surface area contributed by atoms with Crippen LogP contribution in [0.4, 0.5) is 0 Å². The van der Waals surface area contributed by atoms with Gasteiger partial charge in [-0.3, -0.25) is 0 Å². The molecule has 0 saturated carbocycles. The van der Waals surface area contributed by atoms with Crippen LogP contribution < -0.4 is 5.73 Å². The molecule has 4 heteroatoms. The second-order valence-electron chi connectivity index (χ2n) is 2.66. The van der Waals surface area contributed by atoms with E-state index in [1.165, 1.54) is 0 Å². The summed E-state index contributed by atoms with van der Waals surface area (Å²) in [6.45, 7) is 1.28. The molecule has 0 amide bonds. The molecule has 1 atom stereocenters. The number of nitrogens with two attached hydrogens (primary N) is 1. The maximum absolute atomic E-state index is 6.08. The van der Waals surface area contributed by atoms with Gasteiger partial charge in [-0.25, -0.2) is 0 Å². The molecule has 0 aliphatic carbocycles. The number of hydrogen-bond acceptors (Lipinski definition) is 2. The van der Waals surface area contributed by atoms with Crippen LogP contribution in [0.1, 0.15) is 19.3 Å².